The van der Waals surface area contributed by atoms with Gasteiger partial charge in [0.2, 0.25) is 0 Å². The molecule has 1 heterocycles. The van der Waals surface area contributed by atoms with E-state index in [4.69, 9.17) is 4.74 Å². The molecule has 0 saturated carbocycles. The molecule has 1 saturated heterocycles. The number of carbonyl (C=O) groups excluding carboxylic acids is 1. The molecule has 0 aliphatic carbocycles. The van der Waals surface area contributed by atoms with Crippen molar-refractivity contribution in [3.8, 4) is 0 Å². The third-order valence-electron chi connectivity index (χ3n) is 3.77. The van der Waals surface area contributed by atoms with Crippen LogP contribution in [0.1, 0.15) is 16.8 Å². The van der Waals surface area contributed by atoms with Crippen LogP contribution in [0.2, 0.25) is 0 Å². The van der Waals surface area contributed by atoms with Gasteiger partial charge in [0, 0.05) is 45.4 Å². The van der Waals surface area contributed by atoms with Crippen molar-refractivity contribution in [3.05, 3.63) is 29.8 Å². The SMILES string of the molecule is COC1CC(C(=O)O)N(C(=O)c2ccc(N(C)C)cc2)C1. The molecule has 0 bridgehead atoms. The zero-order chi connectivity index (χ0) is 15.6. The van der Waals surface area contributed by atoms with E-state index in [1.165, 1.54) is 12.0 Å². The molecule has 114 valence electrons. The number of nitrogens with zero attached hydrogens (tertiary/aromatic N) is 2. The lowest BCUT2D eigenvalue weighted by Crippen LogP contribution is -2.40. The normalized spacial score (nSPS) is 21.4. The Morgan fingerprint density at radius 2 is 1.90 bits per heavy atom. The second-order valence-electron chi connectivity index (χ2n) is 5.35. The van der Waals surface area contributed by atoms with Gasteiger partial charge in [-0.3, -0.25) is 4.79 Å². The number of carboxylic acid groups (broad SMARTS) is 1. The van der Waals surface area contributed by atoms with Crippen LogP contribution in [0.25, 0.3) is 0 Å². The number of benzene rings is 1. The number of ether oxygens (including phenoxy) is 1. The van der Waals surface area contributed by atoms with Gasteiger partial charge in [0.1, 0.15) is 6.04 Å². The fourth-order valence-corrected chi connectivity index (χ4v) is 2.49. The second kappa shape index (κ2) is 6.13. The molecule has 0 radical (unpaired) electrons. The monoisotopic (exact) mass is 292 g/mol. The molecule has 1 aromatic rings. The Bertz CT molecular complexity index is 527. The molecule has 2 unspecified atom stereocenters. The number of anilines is 1. The molecule has 21 heavy (non-hydrogen) atoms. The molecular weight excluding hydrogens is 272 g/mol. The number of hydrogen-bond acceptors (Lipinski definition) is 4. The Labute approximate surface area is 123 Å². The lowest BCUT2D eigenvalue weighted by atomic mass is 10.1. The molecule has 6 nitrogen and oxygen atoms in total. The van der Waals surface area contributed by atoms with Crippen LogP contribution < -0.4 is 4.90 Å². The lowest BCUT2D eigenvalue weighted by molar-refractivity contribution is -0.141. The fraction of sp³-hybridized carbons (Fsp3) is 0.467. The van der Waals surface area contributed by atoms with Gasteiger partial charge >= 0.3 is 5.97 Å². The van der Waals surface area contributed by atoms with Crippen molar-refractivity contribution >= 4 is 17.6 Å². The van der Waals surface area contributed by atoms with Crippen LogP contribution in [0.15, 0.2) is 24.3 Å². The summed E-state index contributed by atoms with van der Waals surface area (Å²) in [5.74, 6) is -1.26. The molecular formula is C15H20N2O4. The van der Waals surface area contributed by atoms with Crippen LogP contribution in [0.5, 0.6) is 0 Å². The average Bonchev–Trinajstić information content (AvgIpc) is 2.91. The molecule has 2 atom stereocenters. The maximum absolute atomic E-state index is 12.5. The second-order valence-corrected chi connectivity index (χ2v) is 5.35. The summed E-state index contributed by atoms with van der Waals surface area (Å²) in [7, 11) is 5.37. The Hall–Kier alpha value is -2.08. The highest BCUT2D eigenvalue weighted by molar-refractivity contribution is 5.97. The minimum absolute atomic E-state index is 0.226. The van der Waals surface area contributed by atoms with Gasteiger partial charge in [-0.15, -0.1) is 0 Å². The van der Waals surface area contributed by atoms with Crippen molar-refractivity contribution in [2.24, 2.45) is 0 Å². The minimum atomic E-state index is -0.993. The summed E-state index contributed by atoms with van der Waals surface area (Å²) in [6, 6.07) is 6.30. The van der Waals surface area contributed by atoms with Gasteiger partial charge in [0.25, 0.3) is 5.91 Å². The van der Waals surface area contributed by atoms with Crippen LogP contribution in [-0.2, 0) is 9.53 Å². The largest absolute Gasteiger partial charge is 0.480 e. The number of carbonyl (C=O) groups is 2. The first-order valence-corrected chi connectivity index (χ1v) is 6.78. The van der Waals surface area contributed by atoms with E-state index in [0.717, 1.165) is 5.69 Å². The van der Waals surface area contributed by atoms with E-state index >= 15 is 0 Å². The van der Waals surface area contributed by atoms with Gasteiger partial charge in [0.05, 0.1) is 6.10 Å². The zero-order valence-corrected chi connectivity index (χ0v) is 12.4. The van der Waals surface area contributed by atoms with Gasteiger partial charge < -0.3 is 19.6 Å². The predicted molar refractivity (Wildman–Crippen MR) is 78.6 cm³/mol. The van der Waals surface area contributed by atoms with Crippen LogP contribution in [0.3, 0.4) is 0 Å². The summed E-state index contributed by atoms with van der Waals surface area (Å²) >= 11 is 0. The summed E-state index contributed by atoms with van der Waals surface area (Å²) in [5, 5.41) is 9.25. The molecule has 1 amide bonds. The Morgan fingerprint density at radius 1 is 1.29 bits per heavy atom. The van der Waals surface area contributed by atoms with Gasteiger partial charge in [0.15, 0.2) is 0 Å². The molecule has 0 spiro atoms. The Kier molecular flexibility index (Phi) is 4.47. The van der Waals surface area contributed by atoms with Crippen molar-refractivity contribution in [2.45, 2.75) is 18.6 Å². The molecule has 1 aliphatic rings. The topological polar surface area (TPSA) is 70.1 Å². The highest BCUT2D eigenvalue weighted by Gasteiger charge is 2.40. The highest BCUT2D eigenvalue weighted by Crippen LogP contribution is 2.23. The van der Waals surface area contributed by atoms with E-state index < -0.39 is 12.0 Å². The van der Waals surface area contributed by atoms with E-state index in [1.807, 2.05) is 31.1 Å². The molecule has 6 heteroatoms. The maximum Gasteiger partial charge on any atom is 0.326 e. The first-order valence-electron chi connectivity index (χ1n) is 6.78. The molecule has 0 aromatic heterocycles. The molecule has 2 rings (SSSR count). The first kappa shape index (κ1) is 15.3. The van der Waals surface area contributed by atoms with Crippen molar-refractivity contribution in [1.82, 2.24) is 4.90 Å². The van der Waals surface area contributed by atoms with E-state index in [0.29, 0.717) is 18.5 Å². The van der Waals surface area contributed by atoms with Crippen LogP contribution in [0, 0.1) is 0 Å². The van der Waals surface area contributed by atoms with Gasteiger partial charge in [-0.2, -0.15) is 0 Å². The number of carboxylic acids is 1. The third-order valence-corrected chi connectivity index (χ3v) is 3.77. The summed E-state index contributed by atoms with van der Waals surface area (Å²) < 4.78 is 5.19. The van der Waals surface area contributed by atoms with E-state index in [9.17, 15) is 14.7 Å². The van der Waals surface area contributed by atoms with Crippen molar-refractivity contribution in [1.29, 1.82) is 0 Å². The van der Waals surface area contributed by atoms with E-state index in [-0.39, 0.29) is 12.0 Å². The Morgan fingerprint density at radius 3 is 2.38 bits per heavy atom. The van der Waals surface area contributed by atoms with E-state index in [2.05, 4.69) is 0 Å². The number of rotatable bonds is 4. The number of aliphatic carboxylic acids is 1. The van der Waals surface area contributed by atoms with Gasteiger partial charge in [-0.1, -0.05) is 0 Å². The number of likely N-dealkylation sites (tertiary alicyclic amines) is 1. The maximum atomic E-state index is 12.5. The summed E-state index contributed by atoms with van der Waals surface area (Å²) in [6.45, 7) is 0.307. The van der Waals surface area contributed by atoms with Crippen LogP contribution in [-0.4, -0.2) is 61.8 Å². The summed E-state index contributed by atoms with van der Waals surface area (Å²) in [6.07, 6.45) is 0.101. The smallest absolute Gasteiger partial charge is 0.326 e. The zero-order valence-electron chi connectivity index (χ0n) is 12.4. The number of amides is 1. The fourth-order valence-electron chi connectivity index (χ4n) is 2.49. The number of hydrogen-bond donors (Lipinski definition) is 1. The quantitative estimate of drug-likeness (QED) is 0.899. The molecule has 1 aromatic carbocycles. The van der Waals surface area contributed by atoms with Crippen molar-refractivity contribution in [3.63, 3.8) is 0 Å². The van der Waals surface area contributed by atoms with Crippen molar-refractivity contribution < 1.29 is 19.4 Å². The summed E-state index contributed by atoms with van der Waals surface area (Å²) in [5.41, 5.74) is 1.47. The first-order chi connectivity index (χ1) is 9.93. The molecule has 1 fully saturated rings. The van der Waals surface area contributed by atoms with E-state index in [1.54, 1.807) is 12.1 Å². The molecule has 1 aliphatic heterocycles. The number of methoxy groups -OCH3 is 1. The van der Waals surface area contributed by atoms with Gasteiger partial charge in [-0.05, 0) is 24.3 Å². The lowest BCUT2D eigenvalue weighted by Gasteiger charge is -2.21. The van der Waals surface area contributed by atoms with Crippen LogP contribution >= 0.6 is 0 Å². The standard InChI is InChI=1S/C15H20N2O4/c1-16(2)11-6-4-10(5-7-11)14(18)17-9-12(21-3)8-13(17)15(19)20/h4-7,12-13H,8-9H2,1-3H3,(H,19,20). The van der Waals surface area contributed by atoms with Crippen LogP contribution in [0.4, 0.5) is 5.69 Å². The summed E-state index contributed by atoms with van der Waals surface area (Å²) in [4.78, 5) is 27.1. The highest BCUT2D eigenvalue weighted by atomic mass is 16.5. The predicted octanol–water partition coefficient (Wildman–Crippen LogP) is 1.07. The Balaban J connectivity index is 2.19. The average molecular weight is 292 g/mol. The molecule has 1 N–H and O–H groups in total. The van der Waals surface area contributed by atoms with Crippen molar-refractivity contribution in [2.75, 3.05) is 32.6 Å². The minimum Gasteiger partial charge on any atom is -0.480 e. The third kappa shape index (κ3) is 3.16. The van der Waals surface area contributed by atoms with Gasteiger partial charge in [-0.25, -0.2) is 4.79 Å².